The molecule has 1 aliphatic heterocycles. The molecule has 0 aliphatic carbocycles. The summed E-state index contributed by atoms with van der Waals surface area (Å²) in [6.45, 7) is 13.0. The zero-order valence-electron chi connectivity index (χ0n) is 11.2. The van der Waals surface area contributed by atoms with Crippen LogP contribution in [0.25, 0.3) is 0 Å². The molecule has 0 bridgehead atoms. The molecule has 17 heavy (non-hydrogen) atoms. The highest BCUT2D eigenvalue weighted by Crippen LogP contribution is 2.17. The molecule has 0 fully saturated rings. The van der Waals surface area contributed by atoms with Crippen molar-refractivity contribution in [1.29, 1.82) is 0 Å². The lowest BCUT2D eigenvalue weighted by atomic mass is 9.93. The molecular formula is C14H24O3. The second-order valence-corrected chi connectivity index (χ2v) is 5.48. The van der Waals surface area contributed by atoms with E-state index in [0.29, 0.717) is 31.0 Å². The van der Waals surface area contributed by atoms with E-state index in [-0.39, 0.29) is 6.10 Å². The van der Waals surface area contributed by atoms with Gasteiger partial charge in [-0.05, 0) is 24.0 Å². The van der Waals surface area contributed by atoms with E-state index in [1.165, 1.54) is 0 Å². The first-order chi connectivity index (χ1) is 7.97. The highest BCUT2D eigenvalue weighted by atomic mass is 16.5. The topological polar surface area (TPSA) is 27.7 Å². The standard InChI is InChI=1S/C14H24O3/c1-12-5-6-13(17-12)11-16-10-9-15-8-7-14(2,3)4/h5-6,13H,1,7-11H2,2-4H3. The van der Waals surface area contributed by atoms with Gasteiger partial charge in [0, 0.05) is 6.61 Å². The fourth-order valence-electron chi connectivity index (χ4n) is 1.37. The first-order valence-electron chi connectivity index (χ1n) is 6.17. The Labute approximate surface area is 104 Å². The summed E-state index contributed by atoms with van der Waals surface area (Å²) in [5.74, 6) is 0.708. The molecule has 0 amide bonds. The van der Waals surface area contributed by atoms with Gasteiger partial charge in [0.15, 0.2) is 0 Å². The molecule has 0 saturated heterocycles. The van der Waals surface area contributed by atoms with E-state index in [1.807, 2.05) is 12.2 Å². The third kappa shape index (κ3) is 7.18. The minimum Gasteiger partial charge on any atom is -0.485 e. The maximum absolute atomic E-state index is 5.49. The molecule has 0 spiro atoms. The predicted molar refractivity (Wildman–Crippen MR) is 68.9 cm³/mol. The van der Waals surface area contributed by atoms with Crippen LogP contribution in [-0.4, -0.2) is 32.5 Å². The lowest BCUT2D eigenvalue weighted by Gasteiger charge is -2.17. The number of allylic oxidation sites excluding steroid dienone is 1. The van der Waals surface area contributed by atoms with Gasteiger partial charge in [-0.2, -0.15) is 0 Å². The van der Waals surface area contributed by atoms with Crippen molar-refractivity contribution < 1.29 is 14.2 Å². The van der Waals surface area contributed by atoms with Gasteiger partial charge in [-0.1, -0.05) is 27.4 Å². The lowest BCUT2D eigenvalue weighted by Crippen LogP contribution is -2.16. The van der Waals surface area contributed by atoms with Crippen LogP contribution in [-0.2, 0) is 14.2 Å². The van der Waals surface area contributed by atoms with Crippen LogP contribution in [0.4, 0.5) is 0 Å². The first-order valence-corrected chi connectivity index (χ1v) is 6.17. The van der Waals surface area contributed by atoms with Crippen LogP contribution < -0.4 is 0 Å². The first kappa shape index (κ1) is 14.3. The van der Waals surface area contributed by atoms with E-state index in [2.05, 4.69) is 27.4 Å². The van der Waals surface area contributed by atoms with Gasteiger partial charge in [-0.3, -0.25) is 0 Å². The molecule has 0 aromatic rings. The summed E-state index contributed by atoms with van der Waals surface area (Å²) in [5, 5.41) is 0. The van der Waals surface area contributed by atoms with Gasteiger partial charge >= 0.3 is 0 Å². The molecule has 1 rings (SSSR count). The molecule has 0 saturated carbocycles. The Morgan fingerprint density at radius 3 is 2.53 bits per heavy atom. The predicted octanol–water partition coefficient (Wildman–Crippen LogP) is 2.92. The zero-order chi connectivity index (χ0) is 12.7. The third-order valence-electron chi connectivity index (χ3n) is 2.45. The second-order valence-electron chi connectivity index (χ2n) is 5.48. The summed E-state index contributed by atoms with van der Waals surface area (Å²) in [7, 11) is 0. The summed E-state index contributed by atoms with van der Waals surface area (Å²) in [6, 6.07) is 0. The average molecular weight is 240 g/mol. The summed E-state index contributed by atoms with van der Waals surface area (Å²) in [6.07, 6.45) is 4.93. The van der Waals surface area contributed by atoms with Crippen molar-refractivity contribution >= 4 is 0 Å². The number of hydrogen-bond acceptors (Lipinski definition) is 3. The SMILES string of the molecule is C=C1C=CC(COCCOCCC(C)(C)C)O1. The fourth-order valence-corrected chi connectivity index (χ4v) is 1.37. The Kier molecular flexibility index (Phi) is 5.72. The van der Waals surface area contributed by atoms with Crippen molar-refractivity contribution in [3.63, 3.8) is 0 Å². The Balaban J connectivity index is 1.88. The van der Waals surface area contributed by atoms with Crippen molar-refractivity contribution in [3.8, 4) is 0 Å². The molecule has 1 heterocycles. The molecule has 98 valence electrons. The van der Waals surface area contributed by atoms with Crippen molar-refractivity contribution in [2.75, 3.05) is 26.4 Å². The summed E-state index contributed by atoms with van der Waals surface area (Å²) >= 11 is 0. The Bertz CT molecular complexity index is 263. The van der Waals surface area contributed by atoms with Crippen molar-refractivity contribution in [2.45, 2.75) is 33.3 Å². The van der Waals surface area contributed by atoms with E-state index < -0.39 is 0 Å². The number of ether oxygens (including phenoxy) is 3. The maximum Gasteiger partial charge on any atom is 0.140 e. The molecule has 3 heteroatoms. The van der Waals surface area contributed by atoms with Crippen LogP contribution in [0.15, 0.2) is 24.5 Å². The second kappa shape index (κ2) is 6.82. The molecule has 3 nitrogen and oxygen atoms in total. The van der Waals surface area contributed by atoms with Gasteiger partial charge < -0.3 is 14.2 Å². The van der Waals surface area contributed by atoms with Gasteiger partial charge in [0.2, 0.25) is 0 Å². The largest absolute Gasteiger partial charge is 0.485 e. The van der Waals surface area contributed by atoms with Crippen LogP contribution in [0.5, 0.6) is 0 Å². The van der Waals surface area contributed by atoms with E-state index in [1.54, 1.807) is 0 Å². The highest BCUT2D eigenvalue weighted by molar-refractivity contribution is 5.16. The maximum atomic E-state index is 5.49. The number of rotatable bonds is 7. The van der Waals surface area contributed by atoms with Crippen molar-refractivity contribution in [3.05, 3.63) is 24.5 Å². The molecule has 0 radical (unpaired) electrons. The van der Waals surface area contributed by atoms with E-state index >= 15 is 0 Å². The molecule has 1 atom stereocenters. The smallest absolute Gasteiger partial charge is 0.140 e. The monoisotopic (exact) mass is 240 g/mol. The van der Waals surface area contributed by atoms with Gasteiger partial charge in [0.05, 0.1) is 19.8 Å². The Hall–Kier alpha value is -0.800. The zero-order valence-corrected chi connectivity index (χ0v) is 11.2. The molecule has 1 aliphatic rings. The van der Waals surface area contributed by atoms with Crippen LogP contribution in [0.1, 0.15) is 27.2 Å². The highest BCUT2D eigenvalue weighted by Gasteiger charge is 2.12. The number of hydrogen-bond donors (Lipinski definition) is 0. The van der Waals surface area contributed by atoms with Gasteiger partial charge in [-0.25, -0.2) is 0 Å². The normalized spacial score (nSPS) is 19.7. The molecule has 1 unspecified atom stereocenters. The molecule has 0 N–H and O–H groups in total. The van der Waals surface area contributed by atoms with Gasteiger partial charge in [0.1, 0.15) is 11.9 Å². The Morgan fingerprint density at radius 1 is 1.24 bits per heavy atom. The van der Waals surface area contributed by atoms with Crippen LogP contribution in [0.3, 0.4) is 0 Å². The van der Waals surface area contributed by atoms with Crippen LogP contribution in [0, 0.1) is 5.41 Å². The summed E-state index contributed by atoms with van der Waals surface area (Å²) in [5.41, 5.74) is 0.337. The van der Waals surface area contributed by atoms with Gasteiger partial charge in [-0.15, -0.1) is 0 Å². The van der Waals surface area contributed by atoms with Gasteiger partial charge in [0.25, 0.3) is 0 Å². The van der Waals surface area contributed by atoms with Crippen LogP contribution >= 0.6 is 0 Å². The molecule has 0 aromatic heterocycles. The fraction of sp³-hybridized carbons (Fsp3) is 0.714. The van der Waals surface area contributed by atoms with Crippen molar-refractivity contribution in [2.24, 2.45) is 5.41 Å². The average Bonchev–Trinajstić information content (AvgIpc) is 2.61. The molecule has 0 aromatic carbocycles. The summed E-state index contributed by atoms with van der Waals surface area (Å²) in [4.78, 5) is 0. The molecular weight excluding hydrogens is 216 g/mol. The van der Waals surface area contributed by atoms with E-state index in [9.17, 15) is 0 Å². The van der Waals surface area contributed by atoms with Crippen molar-refractivity contribution in [1.82, 2.24) is 0 Å². The quantitative estimate of drug-likeness (QED) is 0.640. The summed E-state index contributed by atoms with van der Waals surface area (Å²) < 4.78 is 16.3. The lowest BCUT2D eigenvalue weighted by molar-refractivity contribution is 0.00886. The van der Waals surface area contributed by atoms with E-state index in [4.69, 9.17) is 14.2 Å². The van der Waals surface area contributed by atoms with Crippen LogP contribution in [0.2, 0.25) is 0 Å². The minimum atomic E-state index is 0.0251. The van der Waals surface area contributed by atoms with E-state index in [0.717, 1.165) is 13.0 Å². The Morgan fingerprint density at radius 2 is 1.94 bits per heavy atom. The third-order valence-corrected chi connectivity index (χ3v) is 2.45. The minimum absolute atomic E-state index is 0.0251.